The molecule has 2 aromatic heterocycles. The van der Waals surface area contributed by atoms with Crippen LogP contribution >= 0.6 is 0 Å². The Morgan fingerprint density at radius 2 is 1.95 bits per heavy atom. The van der Waals surface area contributed by atoms with E-state index in [1.807, 2.05) is 55.6 Å². The Morgan fingerprint density at radius 1 is 1.10 bits per heavy atom. The molecule has 1 N–H and O–H groups in total. The molecule has 0 atom stereocenters. The van der Waals surface area contributed by atoms with E-state index in [2.05, 4.69) is 10.3 Å². The normalized spacial score (nSPS) is 10.7. The number of nitrogens with zero attached hydrogens (tertiary/aromatic N) is 2. The molecule has 3 aromatic rings. The molecule has 0 bridgehead atoms. The first kappa shape index (κ1) is 13.4. The number of rotatable bonds is 4. The van der Waals surface area contributed by atoms with Crippen LogP contribution in [-0.4, -0.2) is 16.1 Å². The van der Waals surface area contributed by atoms with Gasteiger partial charge in [-0.05, 0) is 36.1 Å². The summed E-state index contributed by atoms with van der Waals surface area (Å²) in [5.41, 5.74) is 1.96. The van der Waals surface area contributed by atoms with Crippen LogP contribution in [0.3, 0.4) is 0 Å². The summed E-state index contributed by atoms with van der Waals surface area (Å²) in [7, 11) is 0. The molecule has 0 fully saturated rings. The second-order valence-electron chi connectivity index (χ2n) is 4.90. The van der Waals surface area contributed by atoms with E-state index in [4.69, 9.17) is 0 Å². The number of aromatic nitrogens is 2. The van der Waals surface area contributed by atoms with Crippen molar-refractivity contribution < 1.29 is 0 Å². The van der Waals surface area contributed by atoms with E-state index in [1.54, 1.807) is 10.6 Å². The zero-order chi connectivity index (χ0) is 14.7. The molecule has 4 nitrogen and oxygen atoms in total. The monoisotopic (exact) mass is 279 g/mol. The van der Waals surface area contributed by atoms with Crippen molar-refractivity contribution >= 4 is 16.7 Å². The fourth-order valence-corrected chi connectivity index (χ4v) is 2.39. The predicted molar refractivity (Wildman–Crippen MR) is 85.7 cm³/mol. The van der Waals surface area contributed by atoms with Gasteiger partial charge in [0, 0.05) is 18.8 Å². The first-order chi connectivity index (χ1) is 10.3. The topological polar surface area (TPSA) is 46.9 Å². The SMILES string of the molecule is CCNc1ccc(Cn2c(=O)ccc3ccccc32)cn1. The fourth-order valence-electron chi connectivity index (χ4n) is 2.39. The minimum atomic E-state index is 0.00413. The molecule has 0 spiro atoms. The molecule has 0 aliphatic heterocycles. The number of pyridine rings is 2. The van der Waals surface area contributed by atoms with Crippen molar-refractivity contribution in [1.29, 1.82) is 0 Å². The summed E-state index contributed by atoms with van der Waals surface area (Å²) >= 11 is 0. The molecule has 0 unspecified atom stereocenters. The van der Waals surface area contributed by atoms with E-state index in [0.29, 0.717) is 6.54 Å². The first-order valence-corrected chi connectivity index (χ1v) is 7.05. The van der Waals surface area contributed by atoms with E-state index >= 15 is 0 Å². The van der Waals surface area contributed by atoms with Crippen molar-refractivity contribution in [1.82, 2.24) is 9.55 Å². The molecule has 0 saturated heterocycles. The van der Waals surface area contributed by atoms with Gasteiger partial charge >= 0.3 is 0 Å². The number of hydrogen-bond donors (Lipinski definition) is 1. The van der Waals surface area contributed by atoms with Crippen molar-refractivity contribution in [3.63, 3.8) is 0 Å². The summed E-state index contributed by atoms with van der Waals surface area (Å²) in [5.74, 6) is 0.853. The largest absolute Gasteiger partial charge is 0.370 e. The molecule has 1 aromatic carbocycles. The van der Waals surface area contributed by atoms with Gasteiger partial charge in [0.15, 0.2) is 0 Å². The number of benzene rings is 1. The van der Waals surface area contributed by atoms with Crippen LogP contribution < -0.4 is 10.9 Å². The number of para-hydroxylation sites is 1. The minimum Gasteiger partial charge on any atom is -0.370 e. The maximum Gasteiger partial charge on any atom is 0.251 e. The van der Waals surface area contributed by atoms with Crippen molar-refractivity contribution in [2.75, 3.05) is 11.9 Å². The van der Waals surface area contributed by atoms with Gasteiger partial charge in [0.05, 0.1) is 12.1 Å². The lowest BCUT2D eigenvalue weighted by Crippen LogP contribution is -2.20. The lowest BCUT2D eigenvalue weighted by molar-refractivity contribution is 0.791. The highest BCUT2D eigenvalue weighted by molar-refractivity contribution is 5.78. The van der Waals surface area contributed by atoms with Gasteiger partial charge in [-0.3, -0.25) is 4.79 Å². The minimum absolute atomic E-state index is 0.00413. The van der Waals surface area contributed by atoms with Crippen LogP contribution in [0.4, 0.5) is 5.82 Å². The Balaban J connectivity index is 1.97. The summed E-state index contributed by atoms with van der Waals surface area (Å²) in [6, 6.07) is 15.3. The third-order valence-corrected chi connectivity index (χ3v) is 3.42. The zero-order valence-corrected chi connectivity index (χ0v) is 11.9. The van der Waals surface area contributed by atoms with Crippen molar-refractivity contribution in [3.8, 4) is 0 Å². The Hall–Kier alpha value is -2.62. The second-order valence-corrected chi connectivity index (χ2v) is 4.90. The quantitative estimate of drug-likeness (QED) is 0.799. The Kier molecular flexibility index (Phi) is 3.69. The van der Waals surface area contributed by atoms with Gasteiger partial charge in [-0.25, -0.2) is 4.98 Å². The lowest BCUT2D eigenvalue weighted by Gasteiger charge is -2.10. The average molecular weight is 279 g/mol. The third-order valence-electron chi connectivity index (χ3n) is 3.42. The summed E-state index contributed by atoms with van der Waals surface area (Å²) in [6.45, 7) is 3.40. The summed E-state index contributed by atoms with van der Waals surface area (Å²) in [6.07, 6.45) is 1.81. The van der Waals surface area contributed by atoms with E-state index in [1.165, 1.54) is 0 Å². The number of hydrogen-bond acceptors (Lipinski definition) is 3. The molecular formula is C17H17N3O. The predicted octanol–water partition coefficient (Wildman–Crippen LogP) is 2.88. The van der Waals surface area contributed by atoms with Crippen LogP contribution in [0, 0.1) is 0 Å². The molecule has 4 heteroatoms. The molecular weight excluding hydrogens is 262 g/mol. The zero-order valence-electron chi connectivity index (χ0n) is 11.9. The highest BCUT2D eigenvalue weighted by Crippen LogP contribution is 2.13. The Labute approximate surface area is 123 Å². The lowest BCUT2D eigenvalue weighted by atomic mass is 10.2. The molecule has 0 saturated carbocycles. The maximum atomic E-state index is 12.1. The highest BCUT2D eigenvalue weighted by atomic mass is 16.1. The maximum absolute atomic E-state index is 12.1. The van der Waals surface area contributed by atoms with Gasteiger partial charge in [0.2, 0.25) is 0 Å². The highest BCUT2D eigenvalue weighted by Gasteiger charge is 2.04. The van der Waals surface area contributed by atoms with Crippen molar-refractivity contribution in [2.24, 2.45) is 0 Å². The average Bonchev–Trinajstić information content (AvgIpc) is 2.52. The van der Waals surface area contributed by atoms with Gasteiger partial charge < -0.3 is 9.88 Å². The molecule has 21 heavy (non-hydrogen) atoms. The number of nitrogens with one attached hydrogen (secondary N) is 1. The third kappa shape index (κ3) is 2.79. The van der Waals surface area contributed by atoms with Gasteiger partial charge in [0.25, 0.3) is 5.56 Å². The number of fused-ring (bicyclic) bond motifs is 1. The van der Waals surface area contributed by atoms with Crippen LogP contribution in [0.15, 0.2) is 59.5 Å². The van der Waals surface area contributed by atoms with Crippen molar-refractivity contribution in [3.05, 3.63) is 70.6 Å². The second kappa shape index (κ2) is 5.79. The van der Waals surface area contributed by atoms with Crippen LogP contribution in [0.5, 0.6) is 0 Å². The van der Waals surface area contributed by atoms with E-state index < -0.39 is 0 Å². The molecule has 0 aliphatic rings. The van der Waals surface area contributed by atoms with Gasteiger partial charge in [0.1, 0.15) is 5.82 Å². The van der Waals surface area contributed by atoms with Crippen LogP contribution in [0.1, 0.15) is 12.5 Å². The summed E-state index contributed by atoms with van der Waals surface area (Å²) in [4.78, 5) is 16.5. The molecule has 2 heterocycles. The first-order valence-electron chi connectivity index (χ1n) is 7.05. The molecule has 3 rings (SSSR count). The van der Waals surface area contributed by atoms with E-state index in [9.17, 15) is 4.79 Å². The standard InChI is InChI=1S/C17H17N3O/c1-2-18-16-9-7-13(11-19-16)12-20-15-6-4-3-5-14(15)8-10-17(20)21/h3-11H,2,12H2,1H3,(H,18,19). The van der Waals surface area contributed by atoms with Gasteiger partial charge in [-0.2, -0.15) is 0 Å². The van der Waals surface area contributed by atoms with Crippen LogP contribution in [0.2, 0.25) is 0 Å². The molecule has 0 aliphatic carbocycles. The summed E-state index contributed by atoms with van der Waals surface area (Å²) < 4.78 is 1.78. The Morgan fingerprint density at radius 3 is 2.71 bits per heavy atom. The number of anilines is 1. The molecule has 106 valence electrons. The van der Waals surface area contributed by atoms with E-state index in [-0.39, 0.29) is 5.56 Å². The van der Waals surface area contributed by atoms with Crippen LogP contribution in [0.25, 0.3) is 10.9 Å². The fraction of sp³-hybridized carbons (Fsp3) is 0.176. The van der Waals surface area contributed by atoms with Crippen LogP contribution in [-0.2, 0) is 6.54 Å². The van der Waals surface area contributed by atoms with Crippen molar-refractivity contribution in [2.45, 2.75) is 13.5 Å². The van der Waals surface area contributed by atoms with Gasteiger partial charge in [-0.1, -0.05) is 24.3 Å². The van der Waals surface area contributed by atoms with E-state index in [0.717, 1.165) is 28.8 Å². The summed E-state index contributed by atoms with van der Waals surface area (Å²) in [5, 5.41) is 4.22. The Bertz CT molecular complexity index is 806. The smallest absolute Gasteiger partial charge is 0.251 e. The van der Waals surface area contributed by atoms with Gasteiger partial charge in [-0.15, -0.1) is 0 Å². The molecule has 0 radical (unpaired) electrons. The molecule has 0 amide bonds.